The predicted molar refractivity (Wildman–Crippen MR) is 90.0 cm³/mol. The first-order valence-corrected chi connectivity index (χ1v) is 7.40. The zero-order valence-corrected chi connectivity index (χ0v) is 13.1. The Morgan fingerprint density at radius 3 is 2.65 bits per heavy atom. The van der Waals surface area contributed by atoms with Crippen LogP contribution in [0.25, 0.3) is 6.08 Å². The highest BCUT2D eigenvalue weighted by Crippen LogP contribution is 2.20. The zero-order chi connectivity index (χ0) is 16.5. The topological polar surface area (TPSA) is 55.8 Å². The Balaban J connectivity index is 1.95. The van der Waals surface area contributed by atoms with Gasteiger partial charge in [-0.05, 0) is 41.3 Å². The second-order valence-electron chi connectivity index (χ2n) is 4.96. The van der Waals surface area contributed by atoms with E-state index in [1.165, 1.54) is 18.8 Å². The molecular formula is C19H20O4. The van der Waals surface area contributed by atoms with Crippen LogP contribution < -0.4 is 4.74 Å². The van der Waals surface area contributed by atoms with Gasteiger partial charge in [0.1, 0.15) is 12.4 Å². The first-order chi connectivity index (χ1) is 11.2. The first kappa shape index (κ1) is 16.8. The van der Waals surface area contributed by atoms with Gasteiger partial charge in [-0.1, -0.05) is 36.4 Å². The van der Waals surface area contributed by atoms with Crippen molar-refractivity contribution in [2.24, 2.45) is 0 Å². The van der Waals surface area contributed by atoms with Crippen LogP contribution in [-0.2, 0) is 9.53 Å². The van der Waals surface area contributed by atoms with Crippen LogP contribution in [0.1, 0.15) is 12.0 Å². The van der Waals surface area contributed by atoms with E-state index in [0.29, 0.717) is 6.61 Å². The molecule has 0 unspecified atom stereocenters. The standard InChI is InChI=1S/C19H20O4/c1-22-19(21)11-8-15-2-4-16(5-3-15)14-17-6-9-18(10-7-17)23-13-12-20/h2-4,6-11,14,20H,5,12-13H2,1H3. The molecule has 4 nitrogen and oxygen atoms in total. The van der Waals surface area contributed by atoms with E-state index in [2.05, 4.69) is 16.9 Å². The second kappa shape index (κ2) is 8.76. The Morgan fingerprint density at radius 2 is 2.04 bits per heavy atom. The van der Waals surface area contributed by atoms with Gasteiger partial charge in [0.2, 0.25) is 0 Å². The summed E-state index contributed by atoms with van der Waals surface area (Å²) in [5.74, 6) is 0.389. The molecule has 1 aromatic carbocycles. The lowest BCUT2D eigenvalue weighted by Gasteiger charge is -2.07. The van der Waals surface area contributed by atoms with Crippen molar-refractivity contribution < 1.29 is 19.4 Å². The van der Waals surface area contributed by atoms with Crippen molar-refractivity contribution in [1.29, 1.82) is 0 Å². The summed E-state index contributed by atoms with van der Waals surface area (Å²) in [5.41, 5.74) is 3.26. The summed E-state index contributed by atoms with van der Waals surface area (Å²) in [6.45, 7) is 0.311. The Labute approximate surface area is 136 Å². The molecule has 0 spiro atoms. The molecule has 0 radical (unpaired) electrons. The molecule has 0 aromatic heterocycles. The lowest BCUT2D eigenvalue weighted by molar-refractivity contribution is -0.134. The molecule has 0 heterocycles. The number of aliphatic hydroxyl groups excluding tert-OH is 1. The maximum absolute atomic E-state index is 11.1. The summed E-state index contributed by atoms with van der Waals surface area (Å²) in [6.07, 6.45) is 12.1. The number of hydrogen-bond donors (Lipinski definition) is 1. The fourth-order valence-corrected chi connectivity index (χ4v) is 2.08. The Bertz CT molecular complexity index is 648. The van der Waals surface area contributed by atoms with E-state index >= 15 is 0 Å². The summed E-state index contributed by atoms with van der Waals surface area (Å²) in [4.78, 5) is 11.1. The minimum Gasteiger partial charge on any atom is -0.491 e. The summed E-state index contributed by atoms with van der Waals surface area (Å²) < 4.78 is 9.89. The average Bonchev–Trinajstić information content (AvgIpc) is 2.60. The van der Waals surface area contributed by atoms with Crippen LogP contribution in [0.3, 0.4) is 0 Å². The first-order valence-electron chi connectivity index (χ1n) is 7.40. The Morgan fingerprint density at radius 1 is 1.26 bits per heavy atom. The van der Waals surface area contributed by atoms with Gasteiger partial charge < -0.3 is 14.6 Å². The van der Waals surface area contributed by atoms with Crippen molar-refractivity contribution in [3.8, 4) is 5.75 Å². The number of rotatable bonds is 6. The molecule has 0 atom stereocenters. The van der Waals surface area contributed by atoms with Crippen LogP contribution in [0, 0.1) is 0 Å². The van der Waals surface area contributed by atoms with E-state index in [9.17, 15) is 4.79 Å². The Hall–Kier alpha value is -2.59. The van der Waals surface area contributed by atoms with Crippen LogP contribution in [-0.4, -0.2) is 31.4 Å². The molecule has 120 valence electrons. The molecule has 0 bridgehead atoms. The maximum atomic E-state index is 11.1. The molecule has 0 saturated carbocycles. The maximum Gasteiger partial charge on any atom is 0.330 e. The van der Waals surface area contributed by atoms with E-state index in [1.54, 1.807) is 6.08 Å². The van der Waals surface area contributed by atoms with Crippen LogP contribution in [0.2, 0.25) is 0 Å². The number of aliphatic hydroxyl groups is 1. The highest BCUT2D eigenvalue weighted by molar-refractivity contribution is 5.82. The number of allylic oxidation sites excluding steroid dienone is 6. The number of methoxy groups -OCH3 is 1. The third-order valence-corrected chi connectivity index (χ3v) is 3.27. The Kier molecular flexibility index (Phi) is 6.39. The molecule has 2 rings (SSSR count). The SMILES string of the molecule is COC(=O)C=CC1=CCC(=Cc2ccc(OCCO)cc2)C=C1. The minimum atomic E-state index is -0.357. The van der Waals surface area contributed by atoms with Crippen molar-refractivity contribution in [1.82, 2.24) is 0 Å². The highest BCUT2D eigenvalue weighted by Gasteiger charge is 2.01. The summed E-state index contributed by atoms with van der Waals surface area (Å²) >= 11 is 0. The highest BCUT2D eigenvalue weighted by atomic mass is 16.5. The molecule has 23 heavy (non-hydrogen) atoms. The van der Waals surface area contributed by atoms with Crippen molar-refractivity contribution in [3.05, 3.63) is 71.4 Å². The van der Waals surface area contributed by atoms with Crippen LogP contribution >= 0.6 is 0 Å². The number of carbonyl (C=O) groups is 1. The lowest BCUT2D eigenvalue weighted by Crippen LogP contribution is -2.01. The van der Waals surface area contributed by atoms with E-state index < -0.39 is 0 Å². The summed E-state index contributed by atoms with van der Waals surface area (Å²) in [5, 5.41) is 8.72. The lowest BCUT2D eigenvalue weighted by atomic mass is 10.00. The van der Waals surface area contributed by atoms with Gasteiger partial charge in [-0.25, -0.2) is 4.79 Å². The van der Waals surface area contributed by atoms with Crippen molar-refractivity contribution in [3.63, 3.8) is 0 Å². The average molecular weight is 312 g/mol. The summed E-state index contributed by atoms with van der Waals surface area (Å²) in [6, 6.07) is 7.72. The molecule has 0 amide bonds. The van der Waals surface area contributed by atoms with Crippen molar-refractivity contribution in [2.45, 2.75) is 6.42 Å². The largest absolute Gasteiger partial charge is 0.491 e. The quantitative estimate of drug-likeness (QED) is 0.648. The van der Waals surface area contributed by atoms with Gasteiger partial charge in [0.05, 0.1) is 13.7 Å². The molecule has 0 aliphatic heterocycles. The molecular weight excluding hydrogens is 292 g/mol. The van der Waals surface area contributed by atoms with E-state index in [1.807, 2.05) is 36.4 Å². The van der Waals surface area contributed by atoms with Gasteiger partial charge in [-0.3, -0.25) is 0 Å². The smallest absolute Gasteiger partial charge is 0.330 e. The van der Waals surface area contributed by atoms with E-state index in [-0.39, 0.29) is 12.6 Å². The molecule has 1 aliphatic carbocycles. The molecule has 1 aromatic rings. The van der Waals surface area contributed by atoms with Gasteiger partial charge in [0.15, 0.2) is 0 Å². The van der Waals surface area contributed by atoms with Crippen LogP contribution in [0.15, 0.2) is 65.8 Å². The second-order valence-corrected chi connectivity index (χ2v) is 4.96. The molecule has 0 saturated heterocycles. The number of benzene rings is 1. The van der Waals surface area contributed by atoms with E-state index in [4.69, 9.17) is 9.84 Å². The third-order valence-electron chi connectivity index (χ3n) is 3.27. The number of carbonyl (C=O) groups excluding carboxylic acids is 1. The van der Waals surface area contributed by atoms with Gasteiger partial charge in [-0.2, -0.15) is 0 Å². The van der Waals surface area contributed by atoms with Gasteiger partial charge >= 0.3 is 5.97 Å². The minimum absolute atomic E-state index is 0.00961. The van der Waals surface area contributed by atoms with Crippen molar-refractivity contribution in [2.75, 3.05) is 20.3 Å². The summed E-state index contributed by atoms with van der Waals surface area (Å²) in [7, 11) is 1.36. The predicted octanol–water partition coefficient (Wildman–Crippen LogP) is 3.06. The fraction of sp³-hybridized carbons (Fsp3) is 0.211. The van der Waals surface area contributed by atoms with Gasteiger partial charge in [0, 0.05) is 6.08 Å². The monoisotopic (exact) mass is 312 g/mol. The van der Waals surface area contributed by atoms with Crippen LogP contribution in [0.4, 0.5) is 0 Å². The van der Waals surface area contributed by atoms with E-state index in [0.717, 1.165) is 23.3 Å². The number of hydrogen-bond acceptors (Lipinski definition) is 4. The zero-order valence-electron chi connectivity index (χ0n) is 13.1. The van der Waals surface area contributed by atoms with Gasteiger partial charge in [-0.15, -0.1) is 0 Å². The van der Waals surface area contributed by atoms with Crippen molar-refractivity contribution >= 4 is 12.0 Å². The number of esters is 1. The fourth-order valence-electron chi connectivity index (χ4n) is 2.08. The molecule has 0 fully saturated rings. The number of ether oxygens (including phenoxy) is 2. The third kappa shape index (κ3) is 5.60. The van der Waals surface area contributed by atoms with Crippen LogP contribution in [0.5, 0.6) is 5.75 Å². The molecule has 4 heteroatoms. The molecule has 1 aliphatic rings. The van der Waals surface area contributed by atoms with Gasteiger partial charge in [0.25, 0.3) is 0 Å². The normalized spacial score (nSPS) is 15.7. The molecule has 1 N–H and O–H groups in total.